The highest BCUT2D eigenvalue weighted by Crippen LogP contribution is 2.40. The summed E-state index contributed by atoms with van der Waals surface area (Å²) in [7, 11) is -2.97. The van der Waals surface area contributed by atoms with Crippen LogP contribution in [0.4, 0.5) is 0 Å². The standard InChI is InChI=1S/C15H18O3S/c16-15(11-5-2-1-3-6-11)12-9-13-7-4-8-14(10-12)19(13,17)18/h1-3,5-6,12-14H,4,7-10H2. The van der Waals surface area contributed by atoms with Crippen LogP contribution in [-0.2, 0) is 9.84 Å². The molecule has 0 radical (unpaired) electrons. The fourth-order valence-electron chi connectivity index (χ4n) is 3.46. The van der Waals surface area contributed by atoms with Crippen LogP contribution in [-0.4, -0.2) is 24.7 Å². The molecular weight excluding hydrogens is 260 g/mol. The van der Waals surface area contributed by atoms with E-state index in [9.17, 15) is 13.2 Å². The first kappa shape index (κ1) is 12.9. The molecule has 0 aliphatic carbocycles. The van der Waals surface area contributed by atoms with Gasteiger partial charge in [0.15, 0.2) is 15.6 Å². The third-order valence-corrected chi connectivity index (χ3v) is 7.22. The number of benzene rings is 1. The maximum atomic E-state index is 12.4. The molecule has 2 aliphatic rings. The summed E-state index contributed by atoms with van der Waals surface area (Å²) in [5.41, 5.74) is 0.713. The lowest BCUT2D eigenvalue weighted by Gasteiger charge is -2.38. The second-order valence-corrected chi connectivity index (χ2v) is 8.17. The van der Waals surface area contributed by atoms with Gasteiger partial charge in [-0.3, -0.25) is 4.79 Å². The lowest BCUT2D eigenvalue weighted by molar-refractivity contribution is 0.0894. The van der Waals surface area contributed by atoms with Gasteiger partial charge >= 0.3 is 0 Å². The number of fused-ring (bicyclic) bond motifs is 2. The maximum absolute atomic E-state index is 12.4. The van der Waals surface area contributed by atoms with Gasteiger partial charge in [0, 0.05) is 11.5 Å². The summed E-state index contributed by atoms with van der Waals surface area (Å²) in [5, 5.41) is -0.560. The third kappa shape index (κ3) is 2.22. The van der Waals surface area contributed by atoms with Crippen LogP contribution in [0.25, 0.3) is 0 Å². The van der Waals surface area contributed by atoms with Gasteiger partial charge in [0.2, 0.25) is 0 Å². The highest BCUT2D eigenvalue weighted by atomic mass is 32.2. The molecule has 2 aliphatic heterocycles. The molecular formula is C15H18O3S. The summed E-state index contributed by atoms with van der Waals surface area (Å²) < 4.78 is 24.4. The fourth-order valence-corrected chi connectivity index (χ4v) is 6.00. The maximum Gasteiger partial charge on any atom is 0.166 e. The molecule has 1 aromatic rings. The molecule has 0 amide bonds. The smallest absolute Gasteiger partial charge is 0.166 e. The van der Waals surface area contributed by atoms with E-state index < -0.39 is 9.84 Å². The average Bonchev–Trinajstić information content (AvgIpc) is 2.37. The Morgan fingerprint density at radius 3 is 2.16 bits per heavy atom. The highest BCUT2D eigenvalue weighted by Gasteiger charge is 2.45. The topological polar surface area (TPSA) is 51.2 Å². The van der Waals surface area contributed by atoms with Crippen LogP contribution in [0, 0.1) is 5.92 Å². The molecule has 0 saturated carbocycles. The van der Waals surface area contributed by atoms with Gasteiger partial charge in [0.25, 0.3) is 0 Å². The first-order chi connectivity index (χ1) is 9.09. The number of carbonyl (C=O) groups excluding carboxylic acids is 1. The van der Waals surface area contributed by atoms with Gasteiger partial charge in [-0.1, -0.05) is 36.8 Å². The third-order valence-electron chi connectivity index (χ3n) is 4.51. The van der Waals surface area contributed by atoms with Crippen molar-refractivity contribution < 1.29 is 13.2 Å². The van der Waals surface area contributed by atoms with E-state index in [1.165, 1.54) is 0 Å². The van der Waals surface area contributed by atoms with Crippen LogP contribution in [0.3, 0.4) is 0 Å². The molecule has 0 N–H and O–H groups in total. The van der Waals surface area contributed by atoms with Gasteiger partial charge in [0.05, 0.1) is 10.5 Å². The average molecular weight is 278 g/mol. The molecule has 2 bridgehead atoms. The zero-order chi connectivity index (χ0) is 13.5. The second-order valence-electron chi connectivity index (χ2n) is 5.66. The molecule has 1 aromatic carbocycles. The summed E-state index contributed by atoms with van der Waals surface area (Å²) in [4.78, 5) is 12.4. The minimum Gasteiger partial charge on any atom is -0.294 e. The van der Waals surface area contributed by atoms with E-state index in [1.807, 2.05) is 30.3 Å². The van der Waals surface area contributed by atoms with Gasteiger partial charge < -0.3 is 0 Å². The van der Waals surface area contributed by atoms with Gasteiger partial charge in [-0.15, -0.1) is 0 Å². The summed E-state index contributed by atoms with van der Waals surface area (Å²) in [6.45, 7) is 0. The van der Waals surface area contributed by atoms with Crippen molar-refractivity contribution in [3.63, 3.8) is 0 Å². The molecule has 0 spiro atoms. The van der Waals surface area contributed by atoms with Gasteiger partial charge in [-0.05, 0) is 25.7 Å². The van der Waals surface area contributed by atoms with Gasteiger partial charge in [0.1, 0.15) is 0 Å². The first-order valence-corrected chi connectivity index (χ1v) is 8.52. The molecule has 3 nitrogen and oxygen atoms in total. The van der Waals surface area contributed by atoms with Crippen molar-refractivity contribution in [3.05, 3.63) is 35.9 Å². The van der Waals surface area contributed by atoms with Crippen LogP contribution >= 0.6 is 0 Å². The Kier molecular flexibility index (Phi) is 3.21. The molecule has 2 heterocycles. The predicted octanol–water partition coefficient (Wildman–Crippen LogP) is 2.62. The van der Waals surface area contributed by atoms with Gasteiger partial charge in [-0.2, -0.15) is 0 Å². The van der Waals surface area contributed by atoms with Crippen LogP contribution in [0.1, 0.15) is 42.5 Å². The number of ketones is 1. The Balaban J connectivity index is 1.84. The molecule has 0 aromatic heterocycles. The molecule has 102 valence electrons. The number of hydrogen-bond acceptors (Lipinski definition) is 3. The highest BCUT2D eigenvalue weighted by molar-refractivity contribution is 7.92. The number of hydrogen-bond donors (Lipinski definition) is 0. The number of sulfone groups is 1. The SMILES string of the molecule is O=C(c1ccccc1)C1CC2CCCC(C1)S2(=O)=O. The van der Waals surface area contributed by atoms with Crippen molar-refractivity contribution in [3.8, 4) is 0 Å². The van der Waals surface area contributed by atoms with Crippen LogP contribution in [0.15, 0.2) is 30.3 Å². The summed E-state index contributed by atoms with van der Waals surface area (Å²) >= 11 is 0. The molecule has 4 heteroatoms. The van der Waals surface area contributed by atoms with E-state index in [2.05, 4.69) is 0 Å². The van der Waals surface area contributed by atoms with E-state index in [0.717, 1.165) is 19.3 Å². The fraction of sp³-hybridized carbons (Fsp3) is 0.533. The van der Waals surface area contributed by atoms with Crippen molar-refractivity contribution in [2.24, 2.45) is 5.92 Å². The van der Waals surface area contributed by atoms with Crippen LogP contribution in [0.5, 0.6) is 0 Å². The van der Waals surface area contributed by atoms with Crippen LogP contribution < -0.4 is 0 Å². The zero-order valence-corrected chi connectivity index (χ0v) is 11.6. The molecule has 19 heavy (non-hydrogen) atoms. The quantitative estimate of drug-likeness (QED) is 0.781. The second kappa shape index (κ2) is 4.75. The van der Waals surface area contributed by atoms with Crippen molar-refractivity contribution in [2.75, 3.05) is 0 Å². The first-order valence-electron chi connectivity index (χ1n) is 6.91. The Morgan fingerprint density at radius 1 is 1.00 bits per heavy atom. The Labute approximate surface area is 113 Å². The van der Waals surface area contributed by atoms with Crippen molar-refractivity contribution in [1.29, 1.82) is 0 Å². The number of carbonyl (C=O) groups is 1. The van der Waals surface area contributed by atoms with Crippen LogP contribution in [0.2, 0.25) is 0 Å². The molecule has 2 atom stereocenters. The minimum absolute atomic E-state index is 0.110. The molecule has 2 saturated heterocycles. The Bertz CT molecular complexity index is 557. The summed E-state index contributed by atoms with van der Waals surface area (Å²) in [6, 6.07) is 9.24. The van der Waals surface area contributed by atoms with Crippen molar-refractivity contribution in [2.45, 2.75) is 42.6 Å². The summed E-state index contributed by atoms with van der Waals surface area (Å²) in [5.74, 6) is 0.00799. The number of Topliss-reactive ketones (excluding diaryl/α,β-unsaturated/α-hetero) is 1. The van der Waals surface area contributed by atoms with E-state index in [4.69, 9.17) is 0 Å². The largest absolute Gasteiger partial charge is 0.294 e. The van der Waals surface area contributed by atoms with E-state index >= 15 is 0 Å². The molecule has 2 fully saturated rings. The number of rotatable bonds is 2. The van der Waals surface area contributed by atoms with E-state index in [0.29, 0.717) is 18.4 Å². The molecule has 3 rings (SSSR count). The lowest BCUT2D eigenvalue weighted by Crippen LogP contribution is -2.45. The molecule has 2 unspecified atom stereocenters. The van der Waals surface area contributed by atoms with Gasteiger partial charge in [-0.25, -0.2) is 8.42 Å². The predicted molar refractivity (Wildman–Crippen MR) is 73.8 cm³/mol. The lowest BCUT2D eigenvalue weighted by atomic mass is 9.84. The van der Waals surface area contributed by atoms with Crippen molar-refractivity contribution >= 4 is 15.6 Å². The normalized spacial score (nSPS) is 32.7. The van der Waals surface area contributed by atoms with Crippen molar-refractivity contribution in [1.82, 2.24) is 0 Å². The Morgan fingerprint density at radius 2 is 1.58 bits per heavy atom. The zero-order valence-electron chi connectivity index (χ0n) is 10.8. The Hall–Kier alpha value is -1.16. The monoisotopic (exact) mass is 278 g/mol. The summed E-state index contributed by atoms with van der Waals surface area (Å²) in [6.07, 6.45) is 3.49. The van der Waals surface area contributed by atoms with E-state index in [1.54, 1.807) is 0 Å². The minimum atomic E-state index is -2.97. The van der Waals surface area contributed by atoms with E-state index in [-0.39, 0.29) is 22.2 Å².